The molecule has 2 saturated heterocycles. The van der Waals surface area contributed by atoms with Gasteiger partial charge in [-0.25, -0.2) is 0 Å². The Bertz CT molecular complexity index is 506. The van der Waals surface area contributed by atoms with Crippen LogP contribution in [0.3, 0.4) is 0 Å². The highest BCUT2D eigenvalue weighted by molar-refractivity contribution is 5.36. The summed E-state index contributed by atoms with van der Waals surface area (Å²) >= 11 is 0. The van der Waals surface area contributed by atoms with Gasteiger partial charge in [0.25, 0.3) is 5.69 Å². The van der Waals surface area contributed by atoms with Gasteiger partial charge in [-0.15, -0.1) is 0 Å². The van der Waals surface area contributed by atoms with Gasteiger partial charge < -0.3 is 5.73 Å². The van der Waals surface area contributed by atoms with E-state index in [2.05, 4.69) is 11.8 Å². The Balaban J connectivity index is 1.84. The van der Waals surface area contributed by atoms with Crippen molar-refractivity contribution < 1.29 is 4.92 Å². The van der Waals surface area contributed by atoms with E-state index >= 15 is 0 Å². The Morgan fingerprint density at radius 3 is 2.60 bits per heavy atom. The summed E-state index contributed by atoms with van der Waals surface area (Å²) in [4.78, 5) is 13.1. The maximum absolute atomic E-state index is 10.9. The van der Waals surface area contributed by atoms with Crippen LogP contribution in [0.2, 0.25) is 0 Å². The molecule has 0 aliphatic carbocycles. The molecule has 2 aliphatic rings. The predicted octanol–water partition coefficient (Wildman–Crippen LogP) is 2.61. The van der Waals surface area contributed by atoms with E-state index in [-0.39, 0.29) is 16.7 Å². The topological polar surface area (TPSA) is 72.4 Å². The Labute approximate surface area is 118 Å². The van der Waals surface area contributed by atoms with Crippen LogP contribution in [-0.2, 0) is 0 Å². The lowest BCUT2D eigenvalue weighted by Crippen LogP contribution is -2.48. The van der Waals surface area contributed by atoms with Crippen molar-refractivity contribution in [3.05, 3.63) is 39.9 Å². The predicted molar refractivity (Wildman–Crippen MR) is 77.4 cm³/mol. The van der Waals surface area contributed by atoms with Crippen LogP contribution in [0.5, 0.6) is 0 Å². The van der Waals surface area contributed by atoms with Crippen molar-refractivity contribution in [2.45, 2.75) is 56.8 Å². The van der Waals surface area contributed by atoms with Crippen LogP contribution in [0.1, 0.15) is 44.2 Å². The summed E-state index contributed by atoms with van der Waals surface area (Å²) in [5.41, 5.74) is 7.31. The maximum Gasteiger partial charge on any atom is 0.269 e. The molecule has 2 fully saturated rings. The fourth-order valence-electron chi connectivity index (χ4n) is 3.96. The van der Waals surface area contributed by atoms with Gasteiger partial charge in [-0.2, -0.15) is 0 Å². The molecule has 3 unspecified atom stereocenters. The molecule has 0 saturated carbocycles. The third-order valence-electron chi connectivity index (χ3n) is 4.84. The van der Waals surface area contributed by atoms with Crippen molar-refractivity contribution >= 4 is 5.69 Å². The monoisotopic (exact) mass is 275 g/mol. The lowest BCUT2D eigenvalue weighted by atomic mass is 9.94. The minimum Gasteiger partial charge on any atom is -0.328 e. The summed E-state index contributed by atoms with van der Waals surface area (Å²) in [6.07, 6.45) is 4.51. The number of piperidine rings is 1. The zero-order valence-electron chi connectivity index (χ0n) is 11.7. The van der Waals surface area contributed by atoms with E-state index in [9.17, 15) is 10.1 Å². The number of hydrogen-bond donors (Lipinski definition) is 1. The summed E-state index contributed by atoms with van der Waals surface area (Å²) in [7, 11) is 0. The van der Waals surface area contributed by atoms with Gasteiger partial charge in [-0.1, -0.05) is 12.1 Å². The second-order valence-corrected chi connectivity index (χ2v) is 6.09. The van der Waals surface area contributed by atoms with Gasteiger partial charge in [0, 0.05) is 36.3 Å². The zero-order chi connectivity index (χ0) is 14.3. The van der Waals surface area contributed by atoms with Crippen molar-refractivity contribution in [2.75, 3.05) is 0 Å². The number of hydrogen-bond acceptors (Lipinski definition) is 4. The minimum absolute atomic E-state index is 0.176. The van der Waals surface area contributed by atoms with Crippen LogP contribution in [0.4, 0.5) is 5.69 Å². The van der Waals surface area contributed by atoms with E-state index in [1.54, 1.807) is 18.2 Å². The number of fused-ring (bicyclic) bond motifs is 2. The lowest BCUT2D eigenvalue weighted by Gasteiger charge is -2.41. The number of nitro groups is 1. The first-order valence-electron chi connectivity index (χ1n) is 7.33. The van der Waals surface area contributed by atoms with Crippen molar-refractivity contribution in [3.8, 4) is 0 Å². The third-order valence-corrected chi connectivity index (χ3v) is 4.84. The fraction of sp³-hybridized carbons (Fsp3) is 0.600. The van der Waals surface area contributed by atoms with Crippen molar-refractivity contribution in [2.24, 2.45) is 5.73 Å². The first kappa shape index (κ1) is 13.5. The molecule has 1 aromatic rings. The number of rotatable bonds is 3. The first-order valence-corrected chi connectivity index (χ1v) is 7.33. The van der Waals surface area contributed by atoms with Gasteiger partial charge in [0.05, 0.1) is 4.92 Å². The van der Waals surface area contributed by atoms with E-state index in [0.717, 1.165) is 18.4 Å². The van der Waals surface area contributed by atoms with Gasteiger partial charge in [-0.3, -0.25) is 15.0 Å². The average Bonchev–Trinajstić information content (AvgIpc) is 2.70. The number of nitro benzene ring substituents is 1. The maximum atomic E-state index is 10.9. The van der Waals surface area contributed by atoms with E-state index in [4.69, 9.17) is 5.73 Å². The van der Waals surface area contributed by atoms with E-state index < -0.39 is 0 Å². The molecule has 2 N–H and O–H groups in total. The normalized spacial score (nSPS) is 31.2. The van der Waals surface area contributed by atoms with Crippen LogP contribution < -0.4 is 5.73 Å². The van der Waals surface area contributed by atoms with E-state index in [1.807, 2.05) is 6.07 Å². The highest BCUT2D eigenvalue weighted by atomic mass is 16.6. The fourth-order valence-corrected chi connectivity index (χ4v) is 3.96. The third kappa shape index (κ3) is 2.31. The molecular formula is C15H21N3O2. The molecule has 0 aromatic heterocycles. The lowest BCUT2D eigenvalue weighted by molar-refractivity contribution is -0.385. The van der Waals surface area contributed by atoms with E-state index in [0.29, 0.717) is 18.1 Å². The van der Waals surface area contributed by atoms with Crippen molar-refractivity contribution in [1.82, 2.24) is 4.90 Å². The van der Waals surface area contributed by atoms with Crippen LogP contribution in [-0.4, -0.2) is 27.9 Å². The minimum atomic E-state index is -0.322. The number of nitrogens with zero attached hydrogens (tertiary/aromatic N) is 2. The smallest absolute Gasteiger partial charge is 0.269 e. The molecule has 108 valence electrons. The molecule has 3 rings (SSSR count). The molecule has 0 amide bonds. The number of non-ortho nitro benzene ring substituents is 1. The summed E-state index contributed by atoms with van der Waals surface area (Å²) in [6.45, 7) is 2.15. The summed E-state index contributed by atoms with van der Waals surface area (Å²) < 4.78 is 0. The molecule has 3 atom stereocenters. The summed E-state index contributed by atoms with van der Waals surface area (Å²) in [6, 6.07) is 8.65. The van der Waals surface area contributed by atoms with Crippen molar-refractivity contribution in [3.63, 3.8) is 0 Å². The summed E-state index contributed by atoms with van der Waals surface area (Å²) in [5, 5.41) is 10.9. The van der Waals surface area contributed by atoms with Crippen LogP contribution in [0.15, 0.2) is 24.3 Å². The zero-order valence-corrected chi connectivity index (χ0v) is 11.7. The van der Waals surface area contributed by atoms with Gasteiger partial charge in [0.2, 0.25) is 0 Å². The molecule has 5 nitrogen and oxygen atoms in total. The second-order valence-electron chi connectivity index (χ2n) is 6.09. The van der Waals surface area contributed by atoms with Crippen LogP contribution >= 0.6 is 0 Å². The Kier molecular flexibility index (Phi) is 3.48. The van der Waals surface area contributed by atoms with Gasteiger partial charge in [0.1, 0.15) is 0 Å². The summed E-state index contributed by atoms with van der Waals surface area (Å²) in [5.74, 6) is 0. The standard InChI is InChI=1S/C15H21N3O2/c1-10(11-3-2-4-15(7-11)18(19)20)17-13-5-6-14(17)9-12(16)8-13/h2-4,7,10,12-14H,5-6,8-9,16H2,1H3. The Morgan fingerprint density at radius 1 is 1.35 bits per heavy atom. The molecule has 20 heavy (non-hydrogen) atoms. The second kappa shape index (κ2) is 5.14. The highest BCUT2D eigenvalue weighted by Gasteiger charge is 2.42. The van der Waals surface area contributed by atoms with Gasteiger partial charge in [-0.05, 0) is 38.2 Å². The first-order chi connectivity index (χ1) is 9.56. The molecule has 2 bridgehead atoms. The number of nitrogens with two attached hydrogens (primary N) is 1. The molecule has 0 spiro atoms. The van der Waals surface area contributed by atoms with Crippen molar-refractivity contribution in [1.29, 1.82) is 0 Å². The van der Waals surface area contributed by atoms with Gasteiger partial charge >= 0.3 is 0 Å². The molecule has 2 aliphatic heterocycles. The van der Waals surface area contributed by atoms with Gasteiger partial charge in [0.15, 0.2) is 0 Å². The Morgan fingerprint density at radius 2 is 2.00 bits per heavy atom. The largest absolute Gasteiger partial charge is 0.328 e. The molecule has 5 heteroatoms. The number of benzene rings is 1. The highest BCUT2D eigenvalue weighted by Crippen LogP contribution is 2.41. The van der Waals surface area contributed by atoms with Crippen LogP contribution in [0.25, 0.3) is 0 Å². The molecule has 0 radical (unpaired) electrons. The molecular weight excluding hydrogens is 254 g/mol. The molecule has 2 heterocycles. The SMILES string of the molecule is CC(c1cccc([N+](=O)[O-])c1)N1C2CCC1CC(N)C2. The van der Waals surface area contributed by atoms with Crippen LogP contribution in [0, 0.1) is 10.1 Å². The Hall–Kier alpha value is -1.46. The quantitative estimate of drug-likeness (QED) is 0.680. The van der Waals surface area contributed by atoms with E-state index in [1.165, 1.54) is 12.8 Å². The molecule has 1 aromatic carbocycles. The average molecular weight is 275 g/mol.